The summed E-state index contributed by atoms with van der Waals surface area (Å²) >= 11 is 0. The topological polar surface area (TPSA) is 43.4 Å². The zero-order valence-corrected chi connectivity index (χ0v) is 9.66. The third-order valence-corrected chi connectivity index (χ3v) is 2.51. The van der Waals surface area contributed by atoms with Gasteiger partial charge < -0.3 is 4.74 Å². The maximum atomic E-state index is 11.7. The highest BCUT2D eigenvalue weighted by Crippen LogP contribution is 2.07. The Morgan fingerprint density at radius 2 is 2.00 bits per heavy atom. The summed E-state index contributed by atoms with van der Waals surface area (Å²) < 4.78 is 27.8. The minimum Gasteiger partial charge on any atom is -0.459 e. The van der Waals surface area contributed by atoms with Gasteiger partial charge in [0.05, 0.1) is 6.67 Å². The van der Waals surface area contributed by atoms with Gasteiger partial charge in [0.15, 0.2) is 0 Å². The van der Waals surface area contributed by atoms with E-state index in [1.54, 1.807) is 20.8 Å². The normalized spacial score (nSPS) is 13.7. The van der Waals surface area contributed by atoms with Crippen LogP contribution in [0.2, 0.25) is 0 Å². The van der Waals surface area contributed by atoms with Crippen molar-refractivity contribution in [1.82, 2.24) is 0 Å². The molecule has 0 aromatic carbocycles. The van der Waals surface area contributed by atoms with Gasteiger partial charge in [-0.15, -0.1) is 0 Å². The molecule has 0 bridgehead atoms. The monoisotopic (exact) mass is 224 g/mol. The lowest BCUT2D eigenvalue weighted by Gasteiger charge is -2.19. The van der Waals surface area contributed by atoms with Crippen LogP contribution in [0.25, 0.3) is 0 Å². The highest BCUT2D eigenvalue weighted by atomic mass is 32.2. The van der Waals surface area contributed by atoms with E-state index in [0.717, 1.165) is 0 Å². The van der Waals surface area contributed by atoms with Gasteiger partial charge in [0, 0.05) is 16.6 Å². The lowest BCUT2D eigenvalue weighted by molar-refractivity contribution is -0.151. The highest BCUT2D eigenvalue weighted by Gasteiger charge is 2.17. The first-order chi connectivity index (χ1) is 6.35. The molecule has 0 rings (SSSR count). The summed E-state index contributed by atoms with van der Waals surface area (Å²) in [5.74, 6) is -0.415. The first kappa shape index (κ1) is 13.5. The van der Waals surface area contributed by atoms with Crippen LogP contribution in [0.4, 0.5) is 4.39 Å². The van der Waals surface area contributed by atoms with Crippen molar-refractivity contribution in [2.45, 2.75) is 32.8 Å². The van der Waals surface area contributed by atoms with Crippen molar-refractivity contribution in [2.24, 2.45) is 0 Å². The zero-order chi connectivity index (χ0) is 11.2. The van der Waals surface area contributed by atoms with E-state index in [9.17, 15) is 13.4 Å². The number of rotatable bonds is 5. The third kappa shape index (κ3) is 8.16. The van der Waals surface area contributed by atoms with Crippen LogP contribution in [0.3, 0.4) is 0 Å². The van der Waals surface area contributed by atoms with E-state index in [4.69, 9.17) is 4.74 Å². The number of halogens is 1. The van der Waals surface area contributed by atoms with E-state index in [-0.39, 0.29) is 17.9 Å². The number of hydrogen-bond acceptors (Lipinski definition) is 3. The van der Waals surface area contributed by atoms with Gasteiger partial charge in [-0.25, -0.2) is 0 Å². The predicted octanol–water partition coefficient (Wildman–Crippen LogP) is 1.44. The minimum absolute atomic E-state index is 0.142. The fourth-order valence-corrected chi connectivity index (χ4v) is 1.69. The molecule has 0 fully saturated rings. The van der Waals surface area contributed by atoms with Gasteiger partial charge in [0.2, 0.25) is 0 Å². The van der Waals surface area contributed by atoms with E-state index < -0.39 is 29.0 Å². The van der Waals surface area contributed by atoms with Crippen LogP contribution in [-0.4, -0.2) is 34.0 Å². The Morgan fingerprint density at radius 3 is 2.43 bits per heavy atom. The maximum Gasteiger partial charge on any atom is 0.319 e. The summed E-state index contributed by atoms with van der Waals surface area (Å²) in [5.41, 5.74) is -0.554. The van der Waals surface area contributed by atoms with E-state index in [1.165, 1.54) is 0 Å². The lowest BCUT2D eigenvalue weighted by Crippen LogP contribution is -2.27. The molecule has 0 saturated carbocycles. The molecule has 0 aliphatic rings. The Hall–Kier alpha value is -0.450. The van der Waals surface area contributed by atoms with Gasteiger partial charge in [-0.05, 0) is 27.2 Å². The number of carbonyl (C=O) groups is 1. The Bertz CT molecular complexity index is 211. The highest BCUT2D eigenvalue weighted by molar-refractivity contribution is 7.85. The molecular formula is C9H17FO3S. The second-order valence-corrected chi connectivity index (χ2v) is 5.49. The van der Waals surface area contributed by atoms with Gasteiger partial charge in [-0.1, -0.05) is 0 Å². The van der Waals surface area contributed by atoms with Gasteiger partial charge in [-0.3, -0.25) is 13.4 Å². The first-order valence-corrected chi connectivity index (χ1v) is 5.97. The van der Waals surface area contributed by atoms with Crippen molar-refractivity contribution in [3.05, 3.63) is 0 Å². The summed E-state index contributed by atoms with van der Waals surface area (Å²) in [6, 6.07) is 0. The molecule has 0 aliphatic carbocycles. The molecule has 5 heteroatoms. The molecule has 0 aromatic heterocycles. The minimum atomic E-state index is -1.30. The molecule has 84 valence electrons. The first-order valence-electron chi connectivity index (χ1n) is 4.48. The predicted molar refractivity (Wildman–Crippen MR) is 54.3 cm³/mol. The van der Waals surface area contributed by atoms with Gasteiger partial charge in [-0.2, -0.15) is 0 Å². The molecule has 1 unspecified atom stereocenters. The molecule has 0 amide bonds. The Kier molecular flexibility index (Phi) is 5.92. The second kappa shape index (κ2) is 6.11. The number of hydrogen-bond donors (Lipinski definition) is 0. The van der Waals surface area contributed by atoms with Gasteiger partial charge in [0.25, 0.3) is 0 Å². The van der Waals surface area contributed by atoms with Crippen LogP contribution in [0.1, 0.15) is 27.2 Å². The Balaban J connectivity index is 3.78. The molecule has 0 aliphatic heterocycles. The Labute approximate surface area is 86.5 Å². The molecule has 14 heavy (non-hydrogen) atoms. The molecule has 3 nitrogen and oxygen atoms in total. The average molecular weight is 224 g/mol. The van der Waals surface area contributed by atoms with Crippen LogP contribution in [0.5, 0.6) is 0 Å². The summed E-state index contributed by atoms with van der Waals surface area (Å²) in [5, 5.41) is 0. The van der Waals surface area contributed by atoms with Crippen molar-refractivity contribution >= 4 is 16.8 Å². The molecule has 0 radical (unpaired) electrons. The largest absolute Gasteiger partial charge is 0.459 e. The molecule has 0 heterocycles. The maximum absolute atomic E-state index is 11.7. The molecule has 0 aromatic rings. The molecular weight excluding hydrogens is 207 g/mol. The smallest absolute Gasteiger partial charge is 0.319 e. The van der Waals surface area contributed by atoms with Crippen molar-refractivity contribution in [3.8, 4) is 0 Å². The van der Waals surface area contributed by atoms with E-state index in [2.05, 4.69) is 0 Å². The van der Waals surface area contributed by atoms with Crippen molar-refractivity contribution in [2.75, 3.05) is 18.2 Å². The van der Waals surface area contributed by atoms with Gasteiger partial charge >= 0.3 is 5.97 Å². The zero-order valence-electron chi connectivity index (χ0n) is 8.84. The fraction of sp³-hybridized carbons (Fsp3) is 0.889. The van der Waals surface area contributed by atoms with Gasteiger partial charge in [0.1, 0.15) is 11.4 Å². The molecule has 0 saturated heterocycles. The number of alkyl halides is 1. The number of ether oxygens (including phenoxy) is 1. The molecule has 0 N–H and O–H groups in total. The van der Waals surface area contributed by atoms with Crippen molar-refractivity contribution in [3.63, 3.8) is 0 Å². The van der Waals surface area contributed by atoms with Crippen LogP contribution in [0.15, 0.2) is 0 Å². The molecule has 0 spiro atoms. The summed E-state index contributed by atoms with van der Waals surface area (Å²) in [4.78, 5) is 11.1. The van der Waals surface area contributed by atoms with E-state index in [0.29, 0.717) is 0 Å². The summed E-state index contributed by atoms with van der Waals surface area (Å²) in [7, 11) is -1.30. The number of esters is 1. The summed E-state index contributed by atoms with van der Waals surface area (Å²) in [6.07, 6.45) is 0.232. The standard InChI is InChI=1S/C9H17FO3S/c1-9(2,3)13-8(11)7-14(12)6-4-5-10/h4-7H2,1-3H3. The van der Waals surface area contributed by atoms with Crippen molar-refractivity contribution < 1.29 is 18.1 Å². The van der Waals surface area contributed by atoms with Crippen LogP contribution in [-0.2, 0) is 20.3 Å². The second-order valence-electron chi connectivity index (χ2n) is 3.92. The Morgan fingerprint density at radius 1 is 1.43 bits per heavy atom. The fourth-order valence-electron chi connectivity index (χ4n) is 0.790. The van der Waals surface area contributed by atoms with Crippen LogP contribution < -0.4 is 0 Å². The van der Waals surface area contributed by atoms with Crippen molar-refractivity contribution in [1.29, 1.82) is 0 Å². The third-order valence-electron chi connectivity index (χ3n) is 1.20. The number of carbonyl (C=O) groups excluding carboxylic acids is 1. The van der Waals surface area contributed by atoms with E-state index in [1.807, 2.05) is 0 Å². The lowest BCUT2D eigenvalue weighted by atomic mass is 10.2. The quantitative estimate of drug-likeness (QED) is 0.664. The molecule has 1 atom stereocenters. The average Bonchev–Trinajstić information content (AvgIpc) is 1.96. The van der Waals surface area contributed by atoms with Crippen LogP contribution in [0, 0.1) is 0 Å². The summed E-state index contributed by atoms with van der Waals surface area (Å²) in [6.45, 7) is 4.74. The van der Waals surface area contributed by atoms with Crippen LogP contribution >= 0.6 is 0 Å². The van der Waals surface area contributed by atoms with E-state index >= 15 is 0 Å². The SMILES string of the molecule is CC(C)(C)OC(=O)CS(=O)CCCF.